The molecule has 186 valence electrons. The summed E-state index contributed by atoms with van der Waals surface area (Å²) in [4.78, 5) is 32.2. The lowest BCUT2D eigenvalue weighted by molar-refractivity contribution is -0.192. The van der Waals surface area contributed by atoms with E-state index >= 15 is 0 Å². The molecule has 1 unspecified atom stereocenters. The van der Waals surface area contributed by atoms with Crippen molar-refractivity contribution in [3.63, 3.8) is 0 Å². The number of nitrogens with zero attached hydrogens (tertiary/aromatic N) is 4. The number of halogens is 6. The van der Waals surface area contributed by atoms with E-state index in [1.807, 2.05) is 18.7 Å². The van der Waals surface area contributed by atoms with E-state index in [9.17, 15) is 31.1 Å². The Morgan fingerprint density at radius 1 is 1.21 bits per heavy atom. The first-order valence-corrected chi connectivity index (χ1v) is 9.93. The molecular formula is C19H24F6N4O4. The zero-order valence-electron chi connectivity index (χ0n) is 17.9. The Kier molecular flexibility index (Phi) is 8.14. The fraction of sp³-hybridized carbons (Fsp3) is 0.684. The summed E-state index contributed by atoms with van der Waals surface area (Å²) in [6, 6.07) is 0.960. The molecule has 1 aromatic rings. The molecule has 0 bridgehead atoms. The van der Waals surface area contributed by atoms with Gasteiger partial charge in [0.05, 0.1) is 13.2 Å². The molecule has 2 aliphatic rings. The van der Waals surface area contributed by atoms with Crippen molar-refractivity contribution in [2.75, 3.05) is 44.3 Å². The summed E-state index contributed by atoms with van der Waals surface area (Å²) in [5, 5.41) is 7.12. The second kappa shape index (κ2) is 10.1. The van der Waals surface area contributed by atoms with Crippen molar-refractivity contribution in [1.82, 2.24) is 14.9 Å². The van der Waals surface area contributed by atoms with Crippen molar-refractivity contribution < 1.29 is 45.8 Å². The van der Waals surface area contributed by atoms with Crippen LogP contribution in [0.1, 0.15) is 26.0 Å². The number of carboxylic acids is 1. The van der Waals surface area contributed by atoms with Gasteiger partial charge in [0.25, 0.3) is 0 Å². The molecule has 0 radical (unpaired) electrons. The maximum atomic E-state index is 12.9. The third-order valence-electron chi connectivity index (χ3n) is 4.94. The van der Waals surface area contributed by atoms with E-state index in [0.717, 1.165) is 12.4 Å². The maximum Gasteiger partial charge on any atom is 0.490 e. The molecule has 3 rings (SSSR count). The number of carboxylic acid groups (broad SMARTS) is 1. The van der Waals surface area contributed by atoms with E-state index in [0.29, 0.717) is 51.7 Å². The molecule has 1 atom stereocenters. The normalized spacial score (nSPS) is 21.8. The van der Waals surface area contributed by atoms with Crippen molar-refractivity contribution >= 4 is 17.7 Å². The molecule has 1 aromatic heterocycles. The molecule has 2 aliphatic heterocycles. The Bertz CT molecular complexity index is 848. The van der Waals surface area contributed by atoms with Crippen LogP contribution in [-0.2, 0) is 20.5 Å². The molecule has 0 aliphatic carbocycles. The van der Waals surface area contributed by atoms with E-state index < -0.39 is 29.4 Å². The van der Waals surface area contributed by atoms with Crippen LogP contribution < -0.4 is 4.90 Å². The Balaban J connectivity index is 0.000000479. The van der Waals surface area contributed by atoms with Crippen LogP contribution in [0.25, 0.3) is 0 Å². The molecule has 1 spiro atoms. The summed E-state index contributed by atoms with van der Waals surface area (Å²) in [5.74, 6) is -2.12. The molecule has 3 heterocycles. The smallest absolute Gasteiger partial charge is 0.475 e. The topological polar surface area (TPSA) is 95.9 Å². The Morgan fingerprint density at radius 2 is 1.85 bits per heavy atom. The van der Waals surface area contributed by atoms with Crippen molar-refractivity contribution in [2.45, 2.75) is 32.6 Å². The molecule has 33 heavy (non-hydrogen) atoms. The van der Waals surface area contributed by atoms with Crippen LogP contribution in [0.15, 0.2) is 12.4 Å². The van der Waals surface area contributed by atoms with Crippen LogP contribution in [0.3, 0.4) is 0 Å². The highest BCUT2D eigenvalue weighted by Gasteiger charge is 2.46. The monoisotopic (exact) mass is 486 g/mol. The first-order chi connectivity index (χ1) is 15.1. The third-order valence-corrected chi connectivity index (χ3v) is 4.94. The van der Waals surface area contributed by atoms with Crippen molar-refractivity contribution in [1.29, 1.82) is 0 Å². The number of hydrogen-bond acceptors (Lipinski definition) is 6. The molecule has 1 amide bonds. The van der Waals surface area contributed by atoms with Gasteiger partial charge < -0.3 is 19.6 Å². The van der Waals surface area contributed by atoms with E-state index in [2.05, 4.69) is 9.97 Å². The lowest BCUT2D eigenvalue weighted by atomic mass is 9.87. The number of carbonyl (C=O) groups excluding carboxylic acids is 1. The van der Waals surface area contributed by atoms with Crippen LogP contribution in [-0.4, -0.2) is 77.4 Å². The predicted octanol–water partition coefficient (Wildman–Crippen LogP) is 2.84. The van der Waals surface area contributed by atoms with Crippen molar-refractivity contribution in [3.8, 4) is 0 Å². The van der Waals surface area contributed by atoms with Gasteiger partial charge in [0.2, 0.25) is 5.91 Å². The number of anilines is 1. The van der Waals surface area contributed by atoms with Crippen LogP contribution in [0, 0.1) is 11.3 Å². The fourth-order valence-corrected chi connectivity index (χ4v) is 3.65. The number of rotatable bonds is 3. The third kappa shape index (κ3) is 7.44. The number of carbonyl (C=O) groups is 2. The van der Waals surface area contributed by atoms with E-state index in [-0.39, 0.29) is 11.7 Å². The van der Waals surface area contributed by atoms with Gasteiger partial charge in [0.1, 0.15) is 17.8 Å². The average molecular weight is 486 g/mol. The van der Waals surface area contributed by atoms with Gasteiger partial charge in [-0.2, -0.15) is 26.3 Å². The lowest BCUT2D eigenvalue weighted by Crippen LogP contribution is -2.41. The second-order valence-corrected chi connectivity index (χ2v) is 8.38. The molecular weight excluding hydrogens is 462 g/mol. The fourth-order valence-electron chi connectivity index (χ4n) is 3.65. The zero-order valence-corrected chi connectivity index (χ0v) is 17.9. The number of amides is 1. The van der Waals surface area contributed by atoms with Crippen LogP contribution >= 0.6 is 0 Å². The number of hydrogen-bond donors (Lipinski definition) is 1. The lowest BCUT2D eigenvalue weighted by Gasteiger charge is -2.32. The zero-order chi connectivity index (χ0) is 25.0. The average Bonchev–Trinajstić information content (AvgIpc) is 2.84. The predicted molar refractivity (Wildman–Crippen MR) is 102 cm³/mol. The summed E-state index contributed by atoms with van der Waals surface area (Å²) in [6.07, 6.45) is -8.33. The first-order valence-electron chi connectivity index (χ1n) is 9.93. The summed E-state index contributed by atoms with van der Waals surface area (Å²) in [6.45, 7) is 6.98. The van der Waals surface area contributed by atoms with Gasteiger partial charge in [0.15, 0.2) is 0 Å². The summed E-state index contributed by atoms with van der Waals surface area (Å²) >= 11 is 0. The van der Waals surface area contributed by atoms with Gasteiger partial charge in [-0.3, -0.25) is 4.79 Å². The van der Waals surface area contributed by atoms with Crippen LogP contribution in [0.5, 0.6) is 0 Å². The van der Waals surface area contributed by atoms with Crippen molar-refractivity contribution in [2.24, 2.45) is 11.3 Å². The quantitative estimate of drug-likeness (QED) is 0.657. The molecule has 0 aromatic carbocycles. The number of ether oxygens (including phenoxy) is 1. The molecule has 0 saturated carbocycles. The molecule has 8 nitrogen and oxygen atoms in total. The molecule has 1 N–H and O–H groups in total. The summed E-state index contributed by atoms with van der Waals surface area (Å²) < 4.78 is 76.3. The Labute approximate surface area is 185 Å². The van der Waals surface area contributed by atoms with Crippen molar-refractivity contribution in [3.05, 3.63) is 18.1 Å². The molecule has 14 heteroatoms. The van der Waals surface area contributed by atoms with Crippen LogP contribution in [0.2, 0.25) is 0 Å². The maximum absolute atomic E-state index is 12.9. The van der Waals surface area contributed by atoms with Gasteiger partial charge in [-0.25, -0.2) is 14.8 Å². The number of aromatic nitrogens is 2. The van der Waals surface area contributed by atoms with Gasteiger partial charge in [-0.05, 0) is 5.92 Å². The van der Waals surface area contributed by atoms with Gasteiger partial charge in [0, 0.05) is 44.1 Å². The van der Waals surface area contributed by atoms with E-state index in [1.165, 1.54) is 0 Å². The minimum atomic E-state index is -5.08. The minimum Gasteiger partial charge on any atom is -0.475 e. The SMILES string of the molecule is CC(C)CN1CC2(COCCN(c3cc(C(F)(F)F)ncn3)C2)CC1=O.O=C(O)C(F)(F)F. The summed E-state index contributed by atoms with van der Waals surface area (Å²) in [7, 11) is 0. The highest BCUT2D eigenvalue weighted by Crippen LogP contribution is 2.36. The first kappa shape index (κ1) is 26.6. The standard InChI is InChI=1S/C17H23F3N4O2.C2HF3O2/c1-12(2)7-24-9-16(6-15(24)25)8-23(3-4-26-10-16)14-5-13(17(18,19)20)21-11-22-14;3-2(4,5)1(6)7/h5,11-12H,3-4,6-10H2,1-2H3;(H,6,7). The number of alkyl halides is 6. The Hall–Kier alpha value is -2.64. The summed E-state index contributed by atoms with van der Waals surface area (Å²) in [5.41, 5.74) is -1.39. The number of aliphatic carboxylic acids is 1. The molecule has 2 saturated heterocycles. The number of likely N-dealkylation sites (tertiary alicyclic amines) is 1. The highest BCUT2D eigenvalue weighted by molar-refractivity contribution is 5.79. The molecule has 2 fully saturated rings. The van der Waals surface area contributed by atoms with Gasteiger partial charge in [-0.1, -0.05) is 13.8 Å². The second-order valence-electron chi connectivity index (χ2n) is 8.38. The highest BCUT2D eigenvalue weighted by atomic mass is 19.4. The van der Waals surface area contributed by atoms with E-state index in [1.54, 1.807) is 4.90 Å². The largest absolute Gasteiger partial charge is 0.490 e. The van der Waals surface area contributed by atoms with E-state index in [4.69, 9.17) is 14.6 Å². The van der Waals surface area contributed by atoms with Crippen LogP contribution in [0.4, 0.5) is 32.2 Å². The van der Waals surface area contributed by atoms with Gasteiger partial charge >= 0.3 is 18.3 Å². The minimum absolute atomic E-state index is 0.0721. The van der Waals surface area contributed by atoms with Gasteiger partial charge in [-0.15, -0.1) is 0 Å². The Morgan fingerprint density at radius 3 is 2.39 bits per heavy atom.